The monoisotopic (exact) mass is 548 g/mol. The Bertz CT molecular complexity index is 1220. The molecule has 1 fully saturated rings. The van der Waals surface area contributed by atoms with E-state index in [1.54, 1.807) is 18.4 Å². The maximum absolute atomic E-state index is 12.7. The van der Waals surface area contributed by atoms with Gasteiger partial charge in [0.1, 0.15) is 13.4 Å². The molecule has 2 aromatic heterocycles. The third-order valence-corrected chi connectivity index (χ3v) is 8.37. The summed E-state index contributed by atoms with van der Waals surface area (Å²) < 4.78 is 0. The van der Waals surface area contributed by atoms with Crippen LogP contribution in [0, 0.1) is 13.8 Å². The molecule has 0 unspecified atom stereocenters. The second kappa shape index (κ2) is 13.7. The summed E-state index contributed by atoms with van der Waals surface area (Å²) in [5, 5.41) is 11.5. The number of benzene rings is 1. The summed E-state index contributed by atoms with van der Waals surface area (Å²) in [6, 6.07) is 11.8. The van der Waals surface area contributed by atoms with E-state index < -0.39 is 0 Å². The molecule has 8 nitrogen and oxygen atoms in total. The van der Waals surface area contributed by atoms with Gasteiger partial charge in [-0.15, -0.1) is 0 Å². The first-order chi connectivity index (χ1) is 18.9. The average molecular weight is 549 g/mol. The van der Waals surface area contributed by atoms with Crippen molar-refractivity contribution in [1.29, 1.82) is 0 Å². The Morgan fingerprint density at radius 2 is 1.87 bits per heavy atom. The number of hydrogen-bond donors (Lipinski definition) is 1. The van der Waals surface area contributed by atoms with Crippen molar-refractivity contribution < 1.29 is 9.63 Å². The van der Waals surface area contributed by atoms with Crippen molar-refractivity contribution in [2.45, 2.75) is 65.6 Å². The van der Waals surface area contributed by atoms with Gasteiger partial charge in [-0.2, -0.15) is 11.3 Å². The van der Waals surface area contributed by atoms with Crippen molar-refractivity contribution >= 4 is 28.6 Å². The van der Waals surface area contributed by atoms with Crippen LogP contribution in [0.4, 0.5) is 5.69 Å². The first-order valence-electron chi connectivity index (χ1n) is 13.6. The molecule has 3 aromatic rings. The van der Waals surface area contributed by atoms with E-state index in [9.17, 15) is 4.79 Å². The highest BCUT2D eigenvalue weighted by atomic mass is 32.1. The van der Waals surface area contributed by atoms with Gasteiger partial charge in [0, 0.05) is 44.0 Å². The first kappa shape index (κ1) is 28.7. The number of aryl methyl sites for hydroxylation is 2. The average Bonchev–Trinajstić information content (AvgIpc) is 3.45. The Morgan fingerprint density at radius 1 is 1.18 bits per heavy atom. The number of thiophene rings is 1. The van der Waals surface area contributed by atoms with Crippen LogP contribution >= 0.6 is 11.3 Å². The second-order valence-electron chi connectivity index (χ2n) is 10.2. The number of nitrogens with one attached hydrogen (secondary N) is 1. The number of anilines is 1. The smallest absolute Gasteiger partial charge is 0.254 e. The van der Waals surface area contributed by atoms with Crippen LogP contribution in [0.15, 0.2) is 52.6 Å². The van der Waals surface area contributed by atoms with E-state index in [0.717, 1.165) is 61.6 Å². The highest BCUT2D eigenvalue weighted by molar-refractivity contribution is 7.07. The van der Waals surface area contributed by atoms with Crippen molar-refractivity contribution in [2.24, 2.45) is 5.16 Å². The van der Waals surface area contributed by atoms with Crippen LogP contribution in [0.1, 0.15) is 66.0 Å². The van der Waals surface area contributed by atoms with Gasteiger partial charge in [0.05, 0.1) is 22.7 Å². The van der Waals surface area contributed by atoms with Crippen molar-refractivity contribution in [3.63, 3.8) is 0 Å². The van der Waals surface area contributed by atoms with E-state index in [1.807, 2.05) is 20.8 Å². The van der Waals surface area contributed by atoms with Gasteiger partial charge in [-0.05, 0) is 87.0 Å². The lowest BCUT2D eigenvalue weighted by Crippen LogP contribution is -2.48. The van der Waals surface area contributed by atoms with Gasteiger partial charge in [-0.3, -0.25) is 4.79 Å². The molecule has 1 saturated heterocycles. The number of aromatic nitrogens is 2. The molecule has 208 valence electrons. The second-order valence-corrected chi connectivity index (χ2v) is 11.0. The van der Waals surface area contributed by atoms with E-state index >= 15 is 0 Å². The Balaban J connectivity index is 1.33. The van der Waals surface area contributed by atoms with Crippen molar-refractivity contribution in [1.82, 2.24) is 20.2 Å². The van der Waals surface area contributed by atoms with Gasteiger partial charge in [-0.1, -0.05) is 17.3 Å². The molecule has 1 amide bonds. The molecule has 1 atom stereocenters. The zero-order chi connectivity index (χ0) is 27.8. The number of piperidine rings is 1. The fourth-order valence-electron chi connectivity index (χ4n) is 5.32. The minimum absolute atomic E-state index is 0.0877. The number of oxime groups is 1. The number of carbonyl (C=O) groups excluding carboxylic acids is 1. The molecule has 0 radical (unpaired) electrons. The normalized spacial score (nSPS) is 15.7. The fraction of sp³-hybridized carbons (Fsp3) is 0.467. The van der Waals surface area contributed by atoms with Crippen LogP contribution in [-0.2, 0) is 11.4 Å². The van der Waals surface area contributed by atoms with E-state index in [0.29, 0.717) is 24.2 Å². The molecule has 9 heteroatoms. The predicted molar refractivity (Wildman–Crippen MR) is 159 cm³/mol. The van der Waals surface area contributed by atoms with Gasteiger partial charge in [0.2, 0.25) is 0 Å². The van der Waals surface area contributed by atoms with Crippen LogP contribution in [-0.4, -0.2) is 65.3 Å². The lowest BCUT2D eigenvalue weighted by atomic mass is 9.99. The van der Waals surface area contributed by atoms with Gasteiger partial charge < -0.3 is 20.0 Å². The van der Waals surface area contributed by atoms with E-state index in [1.165, 1.54) is 17.6 Å². The molecule has 39 heavy (non-hydrogen) atoms. The number of amides is 1. The van der Waals surface area contributed by atoms with Gasteiger partial charge in [0.15, 0.2) is 0 Å². The summed E-state index contributed by atoms with van der Waals surface area (Å²) in [4.78, 5) is 31.1. The molecule has 1 aliphatic rings. The predicted octanol–water partition coefficient (Wildman–Crippen LogP) is 5.20. The first-order valence-corrected chi connectivity index (χ1v) is 14.6. The fourth-order valence-corrected chi connectivity index (χ4v) is 5.98. The number of likely N-dealkylation sites (tertiary alicyclic amines) is 1. The number of hydrogen-bond acceptors (Lipinski definition) is 8. The highest BCUT2D eigenvalue weighted by Crippen LogP contribution is 2.28. The zero-order valence-corrected chi connectivity index (χ0v) is 24.5. The maximum atomic E-state index is 12.7. The molecule has 4 rings (SSSR count). The van der Waals surface area contributed by atoms with Crippen molar-refractivity contribution in [3.05, 3.63) is 75.5 Å². The molecule has 0 aliphatic carbocycles. The maximum Gasteiger partial charge on any atom is 0.254 e. The summed E-state index contributed by atoms with van der Waals surface area (Å²) in [7, 11) is 1.57. The van der Waals surface area contributed by atoms with E-state index in [2.05, 4.69) is 78.3 Å². The zero-order valence-electron chi connectivity index (χ0n) is 23.7. The summed E-state index contributed by atoms with van der Waals surface area (Å²) in [5.41, 5.74) is 6.55. The molecule has 1 aliphatic heterocycles. The highest BCUT2D eigenvalue weighted by Gasteiger charge is 2.27. The molecule has 0 spiro atoms. The standard InChI is InChI=1S/C30H40N6O2S/c1-21(10-14-31-30(37)29-23(3)32-20-33-24(29)4)35-15-11-28(12-16-35)36(18-25-13-17-39-19-25)27-8-6-26(7-9-27)22(2)34-38-5/h6-9,13,17,19-21,28H,10-12,14-16,18H2,1-5H3,(H,31,37)/t21-/m1/s1. The Hall–Kier alpha value is -3.30. The third-order valence-electron chi connectivity index (χ3n) is 7.64. The molecule has 1 aromatic carbocycles. The lowest BCUT2D eigenvalue weighted by molar-refractivity contribution is 0.0943. The van der Waals surface area contributed by atoms with E-state index in [-0.39, 0.29) is 5.91 Å². The minimum Gasteiger partial charge on any atom is -0.399 e. The van der Waals surface area contributed by atoms with Crippen LogP contribution in [0.25, 0.3) is 0 Å². The van der Waals surface area contributed by atoms with Gasteiger partial charge >= 0.3 is 0 Å². The van der Waals surface area contributed by atoms with Gasteiger partial charge in [0.25, 0.3) is 5.91 Å². The Kier molecular flexibility index (Phi) is 10.1. The van der Waals surface area contributed by atoms with Crippen LogP contribution in [0.5, 0.6) is 0 Å². The lowest BCUT2D eigenvalue weighted by Gasteiger charge is -2.42. The van der Waals surface area contributed by atoms with Gasteiger partial charge in [-0.25, -0.2) is 9.97 Å². The molecule has 3 heterocycles. The van der Waals surface area contributed by atoms with Crippen LogP contribution in [0.3, 0.4) is 0 Å². The molecule has 1 N–H and O–H groups in total. The summed E-state index contributed by atoms with van der Waals surface area (Å²) in [5.74, 6) is -0.0877. The Labute approximate surface area is 236 Å². The van der Waals surface area contributed by atoms with Crippen molar-refractivity contribution in [2.75, 3.05) is 31.6 Å². The molecule has 0 bridgehead atoms. The summed E-state index contributed by atoms with van der Waals surface area (Å²) in [6.07, 6.45) is 4.62. The third kappa shape index (κ3) is 7.42. The minimum atomic E-state index is -0.0877. The largest absolute Gasteiger partial charge is 0.399 e. The summed E-state index contributed by atoms with van der Waals surface area (Å²) >= 11 is 1.75. The Morgan fingerprint density at radius 3 is 2.49 bits per heavy atom. The van der Waals surface area contributed by atoms with Crippen molar-refractivity contribution in [3.8, 4) is 0 Å². The quantitative estimate of drug-likeness (QED) is 0.262. The molecular weight excluding hydrogens is 508 g/mol. The SMILES string of the molecule is CON=C(C)c1ccc(N(Cc2ccsc2)C2CCN([C@H](C)CCNC(=O)c3c(C)ncnc3C)CC2)cc1. The van der Waals surface area contributed by atoms with Crippen LogP contribution < -0.4 is 10.2 Å². The van der Waals surface area contributed by atoms with E-state index in [4.69, 9.17) is 4.84 Å². The number of nitrogens with zero attached hydrogens (tertiary/aromatic N) is 5. The molecular formula is C30H40N6O2S. The number of carbonyl (C=O) groups is 1. The number of rotatable bonds is 11. The topological polar surface area (TPSA) is 83.0 Å². The summed E-state index contributed by atoms with van der Waals surface area (Å²) in [6.45, 7) is 11.6. The van der Waals surface area contributed by atoms with Crippen LogP contribution in [0.2, 0.25) is 0 Å². The molecule has 0 saturated carbocycles.